The fourth-order valence-electron chi connectivity index (χ4n) is 2.04. The Morgan fingerprint density at radius 1 is 1.10 bits per heavy atom. The molecule has 1 heterocycles. The minimum Gasteiger partial charge on any atom is -0.457 e. The summed E-state index contributed by atoms with van der Waals surface area (Å²) in [5, 5.41) is 0. The van der Waals surface area contributed by atoms with Crippen LogP contribution in [0.15, 0.2) is 24.3 Å². The summed E-state index contributed by atoms with van der Waals surface area (Å²) >= 11 is 0. The molecule has 0 aromatic heterocycles. The molecular weight excluding hydrogens is 274 g/mol. The fraction of sp³-hybridized carbons (Fsp3) is 0.333. The number of benzene rings is 1. The second kappa shape index (κ2) is 5.87. The first-order chi connectivity index (χ1) is 9.91. The van der Waals surface area contributed by atoms with Crippen molar-refractivity contribution in [3.8, 4) is 0 Å². The Kier molecular flexibility index (Phi) is 4.16. The lowest BCUT2D eigenvalue weighted by atomic mass is 10.1. The zero-order valence-electron chi connectivity index (χ0n) is 11.8. The van der Waals surface area contributed by atoms with Gasteiger partial charge in [-0.3, -0.25) is 19.3 Å². The van der Waals surface area contributed by atoms with Crippen molar-refractivity contribution in [1.29, 1.82) is 0 Å². The smallest absolute Gasteiger partial charge is 0.374 e. The molecule has 21 heavy (non-hydrogen) atoms. The Morgan fingerprint density at radius 3 is 2.10 bits per heavy atom. The average Bonchev–Trinajstić information content (AvgIpc) is 2.68. The minimum absolute atomic E-state index is 0.127. The molecule has 2 amide bonds. The number of Topliss-reactive ketones (excluding diaryl/α,β-unsaturated/α-hetero) is 1. The predicted octanol–water partition coefficient (Wildman–Crippen LogP) is 1.19. The van der Waals surface area contributed by atoms with Crippen LogP contribution in [0.5, 0.6) is 0 Å². The number of esters is 1. The van der Waals surface area contributed by atoms with Crippen LogP contribution in [0.2, 0.25) is 0 Å². The van der Waals surface area contributed by atoms with E-state index in [1.807, 2.05) is 0 Å². The predicted molar refractivity (Wildman–Crippen MR) is 72.7 cm³/mol. The molecule has 0 aliphatic carbocycles. The van der Waals surface area contributed by atoms with E-state index in [-0.39, 0.29) is 19.1 Å². The van der Waals surface area contributed by atoms with Crippen molar-refractivity contribution in [3.05, 3.63) is 35.4 Å². The van der Waals surface area contributed by atoms with E-state index >= 15 is 0 Å². The van der Waals surface area contributed by atoms with Crippen molar-refractivity contribution in [1.82, 2.24) is 4.90 Å². The average molecular weight is 289 g/mol. The lowest BCUT2D eigenvalue weighted by Crippen LogP contribution is -2.33. The van der Waals surface area contributed by atoms with Crippen LogP contribution in [0, 0.1) is 0 Å². The van der Waals surface area contributed by atoms with Gasteiger partial charge in [0.25, 0.3) is 11.8 Å². The largest absolute Gasteiger partial charge is 0.457 e. The maximum atomic E-state index is 12.0. The quantitative estimate of drug-likeness (QED) is 0.462. The zero-order valence-corrected chi connectivity index (χ0v) is 11.8. The van der Waals surface area contributed by atoms with Crippen LogP contribution in [0.25, 0.3) is 0 Å². The molecule has 0 spiro atoms. The van der Waals surface area contributed by atoms with Crippen LogP contribution in [0.1, 0.15) is 41.0 Å². The normalized spacial score (nSPS) is 13.6. The van der Waals surface area contributed by atoms with Crippen LogP contribution in [0.4, 0.5) is 0 Å². The third-order valence-corrected chi connectivity index (χ3v) is 3.01. The number of carbonyl (C=O) groups excluding carboxylic acids is 4. The van der Waals surface area contributed by atoms with E-state index < -0.39 is 23.6 Å². The van der Waals surface area contributed by atoms with Gasteiger partial charge in [-0.15, -0.1) is 0 Å². The summed E-state index contributed by atoms with van der Waals surface area (Å²) in [6, 6.07) is 6.45. The number of rotatable bonds is 5. The number of carbonyl (C=O) groups is 4. The summed E-state index contributed by atoms with van der Waals surface area (Å²) in [5.41, 5.74) is 0.638. The monoisotopic (exact) mass is 289 g/mol. The van der Waals surface area contributed by atoms with E-state index in [2.05, 4.69) is 0 Å². The first-order valence-corrected chi connectivity index (χ1v) is 6.61. The van der Waals surface area contributed by atoms with Crippen molar-refractivity contribution in [2.75, 3.05) is 6.54 Å². The van der Waals surface area contributed by atoms with Crippen LogP contribution in [-0.4, -0.2) is 41.1 Å². The SMILES string of the molecule is CC(C)OC(=O)C(=O)CCN1C(=O)c2ccccc2C1=O. The van der Waals surface area contributed by atoms with E-state index in [1.54, 1.807) is 38.1 Å². The van der Waals surface area contributed by atoms with Crippen LogP contribution < -0.4 is 0 Å². The van der Waals surface area contributed by atoms with Gasteiger partial charge in [0, 0.05) is 13.0 Å². The van der Waals surface area contributed by atoms with Crippen molar-refractivity contribution in [2.24, 2.45) is 0 Å². The van der Waals surface area contributed by atoms with Gasteiger partial charge < -0.3 is 4.74 Å². The Hall–Kier alpha value is -2.50. The molecule has 6 nitrogen and oxygen atoms in total. The molecule has 1 aliphatic rings. The summed E-state index contributed by atoms with van der Waals surface area (Å²) < 4.78 is 4.77. The van der Waals surface area contributed by atoms with Gasteiger partial charge >= 0.3 is 5.97 Å². The van der Waals surface area contributed by atoms with E-state index in [0.29, 0.717) is 11.1 Å². The molecular formula is C15H15NO5. The highest BCUT2D eigenvalue weighted by Gasteiger charge is 2.35. The Morgan fingerprint density at radius 2 is 1.62 bits per heavy atom. The number of amides is 2. The molecule has 0 saturated heterocycles. The molecule has 0 saturated carbocycles. The standard InChI is InChI=1S/C15H15NO5/c1-9(2)21-15(20)12(17)7-8-16-13(18)10-5-3-4-6-11(10)14(16)19/h3-6,9H,7-8H2,1-2H3. The van der Waals surface area contributed by atoms with Gasteiger partial charge in [0.2, 0.25) is 5.78 Å². The van der Waals surface area contributed by atoms with Gasteiger partial charge in [-0.25, -0.2) is 4.79 Å². The molecule has 1 aromatic rings. The molecule has 0 N–H and O–H groups in total. The Bertz CT molecular complexity index is 585. The van der Waals surface area contributed by atoms with Crippen LogP contribution in [0.3, 0.4) is 0 Å². The van der Waals surface area contributed by atoms with E-state index in [4.69, 9.17) is 4.74 Å². The summed E-state index contributed by atoms with van der Waals surface area (Å²) in [6.45, 7) is 3.14. The van der Waals surface area contributed by atoms with E-state index in [1.165, 1.54) is 0 Å². The maximum absolute atomic E-state index is 12.0. The number of nitrogens with zero attached hydrogens (tertiary/aromatic N) is 1. The molecule has 2 rings (SSSR count). The van der Waals surface area contributed by atoms with Gasteiger partial charge in [0.1, 0.15) is 0 Å². The summed E-state index contributed by atoms with van der Waals surface area (Å²) in [7, 11) is 0. The van der Waals surface area contributed by atoms with Crippen molar-refractivity contribution < 1.29 is 23.9 Å². The van der Waals surface area contributed by atoms with Gasteiger partial charge in [0.15, 0.2) is 0 Å². The minimum atomic E-state index is -0.943. The van der Waals surface area contributed by atoms with Gasteiger partial charge in [0.05, 0.1) is 17.2 Å². The lowest BCUT2D eigenvalue weighted by molar-refractivity contribution is -0.156. The number of ketones is 1. The molecule has 1 aliphatic heterocycles. The first kappa shape index (κ1) is 14.9. The summed E-state index contributed by atoms with van der Waals surface area (Å²) in [4.78, 5) is 48.0. The topological polar surface area (TPSA) is 80.8 Å². The Labute approximate surface area is 121 Å². The second-order valence-electron chi connectivity index (χ2n) is 4.93. The number of hydrogen-bond acceptors (Lipinski definition) is 5. The number of hydrogen-bond donors (Lipinski definition) is 0. The maximum Gasteiger partial charge on any atom is 0.374 e. The van der Waals surface area contributed by atoms with E-state index in [9.17, 15) is 19.2 Å². The van der Waals surface area contributed by atoms with Gasteiger partial charge in [-0.1, -0.05) is 12.1 Å². The second-order valence-corrected chi connectivity index (χ2v) is 4.93. The first-order valence-electron chi connectivity index (χ1n) is 6.61. The molecule has 0 unspecified atom stereocenters. The molecule has 0 bridgehead atoms. The van der Waals surface area contributed by atoms with Crippen molar-refractivity contribution in [2.45, 2.75) is 26.4 Å². The number of ether oxygens (including phenoxy) is 1. The zero-order chi connectivity index (χ0) is 15.6. The molecule has 6 heteroatoms. The summed E-state index contributed by atoms with van der Waals surface area (Å²) in [5.74, 6) is -2.58. The highest BCUT2D eigenvalue weighted by molar-refractivity contribution is 6.33. The van der Waals surface area contributed by atoms with Crippen molar-refractivity contribution in [3.63, 3.8) is 0 Å². The molecule has 0 fully saturated rings. The highest BCUT2D eigenvalue weighted by atomic mass is 16.5. The van der Waals surface area contributed by atoms with Crippen LogP contribution >= 0.6 is 0 Å². The lowest BCUT2D eigenvalue weighted by Gasteiger charge is -2.13. The molecule has 0 radical (unpaired) electrons. The third-order valence-electron chi connectivity index (χ3n) is 3.01. The van der Waals surface area contributed by atoms with E-state index in [0.717, 1.165) is 4.90 Å². The number of fused-ring (bicyclic) bond motifs is 1. The highest BCUT2D eigenvalue weighted by Crippen LogP contribution is 2.22. The fourth-order valence-corrected chi connectivity index (χ4v) is 2.04. The molecule has 0 atom stereocenters. The van der Waals surface area contributed by atoms with Gasteiger partial charge in [-0.2, -0.15) is 0 Å². The molecule has 1 aromatic carbocycles. The van der Waals surface area contributed by atoms with Crippen molar-refractivity contribution >= 4 is 23.6 Å². The number of imide groups is 1. The molecule has 110 valence electrons. The Balaban J connectivity index is 2.00. The summed E-state index contributed by atoms with van der Waals surface area (Å²) in [6.07, 6.45) is -0.627. The van der Waals surface area contributed by atoms with Crippen LogP contribution in [-0.2, 0) is 14.3 Å². The van der Waals surface area contributed by atoms with Gasteiger partial charge in [-0.05, 0) is 26.0 Å². The third kappa shape index (κ3) is 2.99.